The summed E-state index contributed by atoms with van der Waals surface area (Å²) in [7, 11) is 1.34. The third-order valence-electron chi connectivity index (χ3n) is 6.06. The zero-order valence-corrected chi connectivity index (χ0v) is 11.7. The number of nitrogens with zero attached hydrogens (tertiary/aromatic N) is 1. The monoisotopic (exact) mass is 279 g/mol. The number of amides is 1. The highest BCUT2D eigenvalue weighted by atomic mass is 16.5. The summed E-state index contributed by atoms with van der Waals surface area (Å²) in [6, 6.07) is -0.582. The van der Waals surface area contributed by atoms with Crippen molar-refractivity contribution in [2.24, 2.45) is 29.6 Å². The van der Waals surface area contributed by atoms with Crippen molar-refractivity contribution < 1.29 is 19.4 Å². The Labute approximate surface area is 118 Å². The molecule has 4 aliphatic rings. The van der Waals surface area contributed by atoms with E-state index in [1.54, 1.807) is 4.90 Å². The minimum atomic E-state index is -0.599. The topological polar surface area (TPSA) is 66.8 Å². The smallest absolute Gasteiger partial charge is 0.328 e. The summed E-state index contributed by atoms with van der Waals surface area (Å²) < 4.78 is 4.77. The molecule has 0 aromatic heterocycles. The molecule has 1 heterocycles. The third kappa shape index (κ3) is 1.59. The second-order valence-electron chi connectivity index (χ2n) is 6.93. The molecule has 1 N–H and O–H groups in total. The largest absolute Gasteiger partial charge is 0.467 e. The lowest BCUT2D eigenvalue weighted by Gasteiger charge is -2.23. The van der Waals surface area contributed by atoms with Crippen molar-refractivity contribution in [1.82, 2.24) is 4.90 Å². The van der Waals surface area contributed by atoms with E-state index in [0.29, 0.717) is 18.3 Å². The van der Waals surface area contributed by atoms with E-state index >= 15 is 0 Å². The molecule has 0 aromatic carbocycles. The van der Waals surface area contributed by atoms with E-state index in [2.05, 4.69) is 0 Å². The maximum atomic E-state index is 12.7. The molecule has 4 rings (SSSR count). The summed E-state index contributed by atoms with van der Waals surface area (Å²) >= 11 is 0. The van der Waals surface area contributed by atoms with Crippen molar-refractivity contribution >= 4 is 11.9 Å². The van der Waals surface area contributed by atoms with Crippen LogP contribution in [0.2, 0.25) is 0 Å². The number of carbonyl (C=O) groups excluding carboxylic acids is 2. The van der Waals surface area contributed by atoms with Gasteiger partial charge in [0, 0.05) is 18.9 Å². The van der Waals surface area contributed by atoms with E-state index in [4.69, 9.17) is 4.74 Å². The number of aliphatic hydroxyl groups excluding tert-OH is 1. The SMILES string of the molecule is COC(=O)C1CC(O)CN1C(=O)C1C2C3CCC(C3)C12. The van der Waals surface area contributed by atoms with E-state index in [1.807, 2.05) is 0 Å². The highest BCUT2D eigenvalue weighted by Gasteiger charge is 2.68. The molecule has 0 aromatic rings. The number of aliphatic hydroxyl groups is 1. The van der Waals surface area contributed by atoms with Crippen LogP contribution < -0.4 is 0 Å². The molecule has 0 spiro atoms. The van der Waals surface area contributed by atoms with Gasteiger partial charge in [0.1, 0.15) is 6.04 Å². The first kappa shape index (κ1) is 12.6. The predicted molar refractivity (Wildman–Crippen MR) is 69.4 cm³/mol. The molecular formula is C15H21NO4. The Balaban J connectivity index is 1.50. The third-order valence-corrected chi connectivity index (χ3v) is 6.06. The molecule has 2 bridgehead atoms. The van der Waals surface area contributed by atoms with Crippen molar-refractivity contribution in [2.75, 3.05) is 13.7 Å². The molecule has 0 radical (unpaired) electrons. The molecule has 5 nitrogen and oxygen atoms in total. The van der Waals surface area contributed by atoms with Crippen LogP contribution in [0, 0.1) is 29.6 Å². The molecule has 1 saturated heterocycles. The van der Waals surface area contributed by atoms with Crippen molar-refractivity contribution in [3.05, 3.63) is 0 Å². The van der Waals surface area contributed by atoms with E-state index in [9.17, 15) is 14.7 Å². The van der Waals surface area contributed by atoms with Gasteiger partial charge in [0.25, 0.3) is 0 Å². The van der Waals surface area contributed by atoms with Gasteiger partial charge >= 0.3 is 5.97 Å². The first-order valence-electron chi connectivity index (χ1n) is 7.68. The van der Waals surface area contributed by atoms with Gasteiger partial charge in [-0.3, -0.25) is 4.79 Å². The first-order valence-corrected chi connectivity index (χ1v) is 7.68. The van der Waals surface area contributed by atoms with Gasteiger partial charge in [-0.25, -0.2) is 4.79 Å². The van der Waals surface area contributed by atoms with Gasteiger partial charge in [0.2, 0.25) is 5.91 Å². The number of fused-ring (bicyclic) bond motifs is 5. The fraction of sp³-hybridized carbons (Fsp3) is 0.867. The zero-order valence-electron chi connectivity index (χ0n) is 11.7. The lowest BCUT2D eigenvalue weighted by Crippen LogP contribution is -2.42. The summed E-state index contributed by atoms with van der Waals surface area (Å²) in [5.41, 5.74) is 0. The average molecular weight is 279 g/mol. The fourth-order valence-electron chi connectivity index (χ4n) is 5.26. The summed E-state index contributed by atoms with van der Waals surface area (Å²) in [5, 5.41) is 9.78. The minimum Gasteiger partial charge on any atom is -0.467 e. The van der Waals surface area contributed by atoms with Gasteiger partial charge in [-0.15, -0.1) is 0 Å². The summed E-state index contributed by atoms with van der Waals surface area (Å²) in [6.07, 6.45) is 3.57. The fourth-order valence-corrected chi connectivity index (χ4v) is 5.26. The molecule has 1 amide bonds. The Kier molecular flexibility index (Phi) is 2.65. The Hall–Kier alpha value is -1.10. The summed E-state index contributed by atoms with van der Waals surface area (Å²) in [6.45, 7) is 0.282. The predicted octanol–water partition coefficient (Wildman–Crippen LogP) is 0.413. The number of likely N-dealkylation sites (tertiary alicyclic amines) is 1. The maximum absolute atomic E-state index is 12.7. The number of hydrogen-bond donors (Lipinski definition) is 1. The van der Waals surface area contributed by atoms with Gasteiger partial charge < -0.3 is 14.7 Å². The van der Waals surface area contributed by atoms with Crippen molar-refractivity contribution in [3.63, 3.8) is 0 Å². The molecule has 3 saturated carbocycles. The molecule has 20 heavy (non-hydrogen) atoms. The van der Waals surface area contributed by atoms with Crippen LogP contribution in [0.4, 0.5) is 0 Å². The van der Waals surface area contributed by atoms with Crippen LogP contribution in [0.5, 0.6) is 0 Å². The number of carbonyl (C=O) groups is 2. The van der Waals surface area contributed by atoms with E-state index in [0.717, 1.165) is 11.8 Å². The van der Waals surface area contributed by atoms with Crippen LogP contribution in [-0.4, -0.2) is 47.7 Å². The van der Waals surface area contributed by atoms with Gasteiger partial charge in [-0.1, -0.05) is 0 Å². The molecule has 3 aliphatic carbocycles. The number of hydrogen-bond acceptors (Lipinski definition) is 4. The minimum absolute atomic E-state index is 0.0866. The average Bonchev–Trinajstić information content (AvgIpc) is 2.79. The van der Waals surface area contributed by atoms with Gasteiger partial charge in [0.15, 0.2) is 0 Å². The number of methoxy groups -OCH3 is 1. The first-order chi connectivity index (χ1) is 9.61. The van der Waals surface area contributed by atoms with E-state index < -0.39 is 18.1 Å². The van der Waals surface area contributed by atoms with Crippen molar-refractivity contribution in [2.45, 2.75) is 37.8 Å². The standard InChI is InChI=1S/C15H21NO4/c1-20-15(19)10-5-9(17)6-16(10)14(18)13-11-7-2-3-8(4-7)12(11)13/h7-13,17H,2-6H2,1H3. The summed E-state index contributed by atoms with van der Waals surface area (Å²) in [4.78, 5) is 26.1. The number of esters is 1. The number of ether oxygens (including phenoxy) is 1. The van der Waals surface area contributed by atoms with Gasteiger partial charge in [-0.05, 0) is 42.9 Å². The second-order valence-corrected chi connectivity index (χ2v) is 6.93. The van der Waals surface area contributed by atoms with E-state index in [1.165, 1.54) is 26.4 Å². The molecule has 4 fully saturated rings. The molecule has 6 unspecified atom stereocenters. The Morgan fingerprint density at radius 3 is 2.40 bits per heavy atom. The molecule has 6 atom stereocenters. The van der Waals surface area contributed by atoms with Crippen LogP contribution in [0.1, 0.15) is 25.7 Å². The van der Waals surface area contributed by atoms with Crippen LogP contribution >= 0.6 is 0 Å². The van der Waals surface area contributed by atoms with Crippen LogP contribution in [-0.2, 0) is 14.3 Å². The highest BCUT2D eigenvalue weighted by molar-refractivity contribution is 5.88. The van der Waals surface area contributed by atoms with Crippen molar-refractivity contribution in [3.8, 4) is 0 Å². The lowest BCUT2D eigenvalue weighted by molar-refractivity contribution is -0.151. The van der Waals surface area contributed by atoms with Crippen LogP contribution in [0.3, 0.4) is 0 Å². The quantitative estimate of drug-likeness (QED) is 0.744. The normalized spacial score (nSPS) is 48.3. The Bertz CT molecular complexity index is 449. The van der Waals surface area contributed by atoms with Gasteiger partial charge in [-0.2, -0.15) is 0 Å². The van der Waals surface area contributed by atoms with E-state index in [-0.39, 0.29) is 18.4 Å². The van der Waals surface area contributed by atoms with Crippen molar-refractivity contribution in [1.29, 1.82) is 0 Å². The number of β-amino-alcohol motifs (C(OH)–C–C–N with tert-alkyl or cyclic N) is 1. The second kappa shape index (κ2) is 4.20. The maximum Gasteiger partial charge on any atom is 0.328 e. The number of rotatable bonds is 2. The Morgan fingerprint density at radius 1 is 1.15 bits per heavy atom. The highest BCUT2D eigenvalue weighted by Crippen LogP contribution is 2.69. The van der Waals surface area contributed by atoms with Crippen LogP contribution in [0.25, 0.3) is 0 Å². The van der Waals surface area contributed by atoms with Gasteiger partial charge in [0.05, 0.1) is 13.2 Å². The molecular weight excluding hydrogens is 258 g/mol. The zero-order chi connectivity index (χ0) is 14.0. The summed E-state index contributed by atoms with van der Waals surface area (Å²) in [5.74, 6) is 2.42. The van der Waals surface area contributed by atoms with Crippen LogP contribution in [0.15, 0.2) is 0 Å². The molecule has 5 heteroatoms. The molecule has 1 aliphatic heterocycles. The Morgan fingerprint density at radius 2 is 1.80 bits per heavy atom. The molecule has 110 valence electrons. The lowest BCUT2D eigenvalue weighted by atomic mass is 10.0.